The van der Waals surface area contributed by atoms with E-state index in [1.807, 2.05) is 0 Å². The molecular weight excluding hydrogens is 211 g/mol. The van der Waals surface area contributed by atoms with E-state index in [1.165, 1.54) is 13.8 Å². The molecule has 0 aliphatic heterocycles. The predicted octanol–water partition coefficient (Wildman–Crippen LogP) is 0.603. The molecule has 0 saturated carbocycles. The Hall–Kier alpha value is -0.680. The van der Waals surface area contributed by atoms with Crippen molar-refractivity contribution in [2.75, 3.05) is 6.61 Å². The van der Waals surface area contributed by atoms with Crippen molar-refractivity contribution >= 4 is 13.8 Å². The summed E-state index contributed by atoms with van der Waals surface area (Å²) in [5.41, 5.74) is 0.216. The molecule has 2 N–H and O–H groups in total. The number of carbonyl (C=O) groups excluding carboxylic acids is 1. The van der Waals surface area contributed by atoms with Crippen molar-refractivity contribution in [2.24, 2.45) is 0 Å². The molecule has 0 amide bonds. The number of hydrogen-bond acceptors (Lipinski definition) is 4. The lowest BCUT2D eigenvalue weighted by molar-refractivity contribution is -0.141. The van der Waals surface area contributed by atoms with E-state index in [0.717, 1.165) is 0 Å². The minimum Gasteiger partial charge on any atom is -0.460 e. The number of phosphoric acid groups is 1. The van der Waals surface area contributed by atoms with Crippen LogP contribution in [-0.2, 0) is 18.6 Å². The van der Waals surface area contributed by atoms with Crippen molar-refractivity contribution in [3.63, 3.8) is 0 Å². The number of phosphoric ester groups is 1. The molecule has 0 bridgehead atoms. The summed E-state index contributed by atoms with van der Waals surface area (Å²) in [4.78, 5) is 27.6. The van der Waals surface area contributed by atoms with Crippen LogP contribution in [0.5, 0.6) is 0 Å². The summed E-state index contributed by atoms with van der Waals surface area (Å²) in [5.74, 6) is -0.619. The van der Waals surface area contributed by atoms with Crippen molar-refractivity contribution in [1.82, 2.24) is 0 Å². The van der Waals surface area contributed by atoms with E-state index in [0.29, 0.717) is 0 Å². The van der Waals surface area contributed by atoms with Gasteiger partial charge in [0.1, 0.15) is 12.7 Å². The third kappa shape index (κ3) is 6.80. The smallest absolute Gasteiger partial charge is 0.460 e. The highest BCUT2D eigenvalue weighted by Gasteiger charge is 2.19. The van der Waals surface area contributed by atoms with Crippen molar-refractivity contribution in [3.8, 4) is 0 Å². The molecule has 0 fully saturated rings. The average Bonchev–Trinajstić information content (AvgIpc) is 1.96. The molecule has 0 rings (SSSR count). The van der Waals surface area contributed by atoms with Gasteiger partial charge < -0.3 is 14.5 Å². The first-order chi connectivity index (χ1) is 6.22. The fourth-order valence-electron chi connectivity index (χ4n) is 0.581. The molecule has 1 atom stereocenters. The van der Waals surface area contributed by atoms with E-state index in [9.17, 15) is 9.36 Å². The van der Waals surface area contributed by atoms with Gasteiger partial charge in [0.25, 0.3) is 0 Å². The van der Waals surface area contributed by atoms with Gasteiger partial charge in [-0.1, -0.05) is 6.58 Å². The van der Waals surface area contributed by atoms with Crippen LogP contribution in [0.4, 0.5) is 0 Å². The molecule has 0 spiro atoms. The Labute approximate surface area is 81.8 Å². The van der Waals surface area contributed by atoms with Crippen LogP contribution in [0.3, 0.4) is 0 Å². The molecule has 0 aliphatic carbocycles. The summed E-state index contributed by atoms with van der Waals surface area (Å²) in [6, 6.07) is 0. The van der Waals surface area contributed by atoms with E-state index in [1.54, 1.807) is 0 Å². The molecule has 7 heteroatoms. The second kappa shape index (κ2) is 5.26. The van der Waals surface area contributed by atoms with Gasteiger partial charge in [0.2, 0.25) is 0 Å². The first-order valence-electron chi connectivity index (χ1n) is 3.79. The van der Waals surface area contributed by atoms with Gasteiger partial charge in [0.15, 0.2) is 0 Å². The third-order valence-corrected chi connectivity index (χ3v) is 1.75. The summed E-state index contributed by atoms with van der Waals surface area (Å²) < 4.78 is 19.2. The van der Waals surface area contributed by atoms with Gasteiger partial charge in [-0.25, -0.2) is 9.36 Å². The van der Waals surface area contributed by atoms with Gasteiger partial charge >= 0.3 is 13.8 Å². The second-order valence-electron chi connectivity index (χ2n) is 2.79. The molecular formula is C7H13O6P. The van der Waals surface area contributed by atoms with E-state index >= 15 is 0 Å². The first kappa shape index (κ1) is 13.3. The van der Waals surface area contributed by atoms with Gasteiger partial charge in [-0.3, -0.25) is 4.52 Å². The SMILES string of the molecule is C=C(C)C(=O)OCC(C)OP(=O)(O)O. The fraction of sp³-hybridized carbons (Fsp3) is 0.571. The quantitative estimate of drug-likeness (QED) is 0.403. The zero-order valence-electron chi connectivity index (χ0n) is 7.97. The minimum absolute atomic E-state index is 0.216. The molecule has 0 aromatic carbocycles. The van der Waals surface area contributed by atoms with Gasteiger partial charge in [0.05, 0.1) is 0 Å². The zero-order valence-corrected chi connectivity index (χ0v) is 8.86. The Balaban J connectivity index is 3.86. The van der Waals surface area contributed by atoms with E-state index in [4.69, 9.17) is 9.79 Å². The normalized spacial score (nSPS) is 13.4. The van der Waals surface area contributed by atoms with Gasteiger partial charge in [-0.05, 0) is 13.8 Å². The summed E-state index contributed by atoms with van der Waals surface area (Å²) in [6.07, 6.45) is -0.862. The lowest BCUT2D eigenvalue weighted by Gasteiger charge is -2.13. The van der Waals surface area contributed by atoms with Crippen LogP contribution < -0.4 is 0 Å². The molecule has 14 heavy (non-hydrogen) atoms. The Kier molecular flexibility index (Phi) is 5.01. The highest BCUT2D eigenvalue weighted by atomic mass is 31.2. The lowest BCUT2D eigenvalue weighted by Crippen LogP contribution is -2.18. The maximum atomic E-state index is 10.8. The molecule has 0 radical (unpaired) electrons. The van der Waals surface area contributed by atoms with Gasteiger partial charge in [0, 0.05) is 5.57 Å². The van der Waals surface area contributed by atoms with Crippen molar-refractivity contribution in [2.45, 2.75) is 20.0 Å². The fourth-order valence-corrected chi connectivity index (χ4v) is 1.11. The van der Waals surface area contributed by atoms with E-state index in [-0.39, 0.29) is 12.2 Å². The summed E-state index contributed by atoms with van der Waals surface area (Å²) in [5, 5.41) is 0. The largest absolute Gasteiger partial charge is 0.469 e. The molecule has 1 unspecified atom stereocenters. The minimum atomic E-state index is -4.52. The van der Waals surface area contributed by atoms with Crippen LogP contribution in [0.1, 0.15) is 13.8 Å². The van der Waals surface area contributed by atoms with Gasteiger partial charge in [-0.2, -0.15) is 0 Å². The second-order valence-corrected chi connectivity index (χ2v) is 3.98. The Morgan fingerprint density at radius 1 is 1.57 bits per heavy atom. The third-order valence-electron chi connectivity index (χ3n) is 1.11. The maximum absolute atomic E-state index is 10.8. The highest BCUT2D eigenvalue weighted by Crippen LogP contribution is 2.37. The molecule has 0 saturated heterocycles. The van der Waals surface area contributed by atoms with Crippen LogP contribution in [0, 0.1) is 0 Å². The van der Waals surface area contributed by atoms with Crippen molar-refractivity contribution in [1.29, 1.82) is 0 Å². The number of rotatable bonds is 5. The Morgan fingerprint density at radius 3 is 2.43 bits per heavy atom. The Morgan fingerprint density at radius 2 is 2.07 bits per heavy atom. The molecule has 0 aromatic rings. The van der Waals surface area contributed by atoms with Crippen molar-refractivity contribution in [3.05, 3.63) is 12.2 Å². The zero-order chi connectivity index (χ0) is 11.4. The molecule has 0 aliphatic rings. The number of carbonyl (C=O) groups is 1. The number of ether oxygens (including phenoxy) is 1. The average molecular weight is 224 g/mol. The van der Waals surface area contributed by atoms with E-state index < -0.39 is 19.9 Å². The van der Waals surface area contributed by atoms with Crippen LogP contribution in [0.2, 0.25) is 0 Å². The van der Waals surface area contributed by atoms with Crippen LogP contribution in [0.25, 0.3) is 0 Å². The molecule has 6 nitrogen and oxygen atoms in total. The van der Waals surface area contributed by atoms with Crippen LogP contribution in [-0.4, -0.2) is 28.5 Å². The summed E-state index contributed by atoms with van der Waals surface area (Å²) in [6.45, 7) is 5.96. The predicted molar refractivity (Wildman–Crippen MR) is 48.4 cm³/mol. The van der Waals surface area contributed by atoms with Crippen LogP contribution in [0.15, 0.2) is 12.2 Å². The van der Waals surface area contributed by atoms with Crippen LogP contribution >= 0.6 is 7.82 Å². The number of esters is 1. The molecule has 0 heterocycles. The maximum Gasteiger partial charge on any atom is 0.469 e. The first-order valence-corrected chi connectivity index (χ1v) is 5.32. The standard InChI is InChI=1S/C7H13O6P/c1-5(2)7(8)12-4-6(3)13-14(9,10)11/h6H,1,4H2,2-3H3,(H2,9,10,11). The Bertz CT molecular complexity index is 267. The number of hydrogen-bond donors (Lipinski definition) is 2. The van der Waals surface area contributed by atoms with E-state index in [2.05, 4.69) is 15.8 Å². The monoisotopic (exact) mass is 224 g/mol. The molecule has 0 aromatic heterocycles. The summed E-state index contributed by atoms with van der Waals surface area (Å²) in [7, 11) is -4.52. The topological polar surface area (TPSA) is 93.1 Å². The van der Waals surface area contributed by atoms with Gasteiger partial charge in [-0.15, -0.1) is 0 Å². The van der Waals surface area contributed by atoms with Crippen molar-refractivity contribution < 1.29 is 28.4 Å². The lowest BCUT2D eigenvalue weighted by atomic mass is 10.3. The molecule has 82 valence electrons. The highest BCUT2D eigenvalue weighted by molar-refractivity contribution is 7.46. The summed E-state index contributed by atoms with van der Waals surface area (Å²) >= 11 is 0.